The van der Waals surface area contributed by atoms with Gasteiger partial charge in [0.05, 0.1) is 7.11 Å². The van der Waals surface area contributed by atoms with Crippen LogP contribution in [0.5, 0.6) is 11.5 Å². The molecule has 21 heavy (non-hydrogen) atoms. The van der Waals surface area contributed by atoms with Crippen LogP contribution in [0.25, 0.3) is 11.6 Å². The van der Waals surface area contributed by atoms with Crippen LogP contribution in [0.4, 0.5) is 5.69 Å². The second-order valence-corrected chi connectivity index (χ2v) is 5.55. The number of methoxy groups -OCH3 is 1. The van der Waals surface area contributed by atoms with Crippen LogP contribution in [-0.2, 0) is 4.79 Å². The van der Waals surface area contributed by atoms with Crippen LogP contribution in [0, 0.1) is 0 Å². The number of benzene rings is 2. The summed E-state index contributed by atoms with van der Waals surface area (Å²) in [5, 5.41) is 12.6. The van der Waals surface area contributed by atoms with Gasteiger partial charge in [0.25, 0.3) is 5.91 Å². The number of phenols is 1. The van der Waals surface area contributed by atoms with Crippen molar-refractivity contribution in [3.8, 4) is 11.5 Å². The van der Waals surface area contributed by atoms with Crippen LogP contribution in [0.2, 0.25) is 0 Å². The van der Waals surface area contributed by atoms with E-state index in [-0.39, 0.29) is 11.7 Å². The molecule has 5 heteroatoms. The van der Waals surface area contributed by atoms with Crippen LogP contribution < -0.4 is 10.1 Å². The summed E-state index contributed by atoms with van der Waals surface area (Å²) in [6, 6.07) is 10.6. The molecule has 2 N–H and O–H groups in total. The lowest BCUT2D eigenvalue weighted by molar-refractivity contribution is -0.110. The third kappa shape index (κ3) is 2.52. The number of hydrogen-bond donors (Lipinski definition) is 2. The minimum absolute atomic E-state index is 0.0414. The Kier molecular flexibility index (Phi) is 3.43. The van der Waals surface area contributed by atoms with Gasteiger partial charge in [0, 0.05) is 21.3 Å². The molecule has 0 bridgehead atoms. The van der Waals surface area contributed by atoms with Gasteiger partial charge in [-0.2, -0.15) is 0 Å². The Morgan fingerprint density at radius 2 is 2.05 bits per heavy atom. The third-order valence-corrected chi connectivity index (χ3v) is 3.77. The van der Waals surface area contributed by atoms with Crippen molar-refractivity contribution in [2.24, 2.45) is 0 Å². The number of nitrogens with one attached hydrogen (secondary N) is 1. The summed E-state index contributed by atoms with van der Waals surface area (Å²) in [5.41, 5.74) is 2.92. The Morgan fingerprint density at radius 1 is 1.24 bits per heavy atom. The molecule has 0 spiro atoms. The van der Waals surface area contributed by atoms with Gasteiger partial charge in [-0.3, -0.25) is 4.79 Å². The van der Waals surface area contributed by atoms with Crippen molar-refractivity contribution >= 4 is 39.2 Å². The number of phenolic OH excluding ortho intramolecular Hbond substituents is 1. The fraction of sp³-hybridized carbons (Fsp3) is 0.0625. The minimum Gasteiger partial charge on any atom is -0.504 e. The van der Waals surface area contributed by atoms with E-state index < -0.39 is 0 Å². The molecule has 3 rings (SSSR count). The number of carbonyl (C=O) groups excluding carboxylic acids is 1. The van der Waals surface area contributed by atoms with E-state index in [1.54, 1.807) is 24.3 Å². The molecule has 0 radical (unpaired) electrons. The van der Waals surface area contributed by atoms with Gasteiger partial charge in [0.1, 0.15) is 0 Å². The molecular weight excluding hydrogens is 334 g/mol. The highest BCUT2D eigenvalue weighted by atomic mass is 79.9. The van der Waals surface area contributed by atoms with Gasteiger partial charge in [0.2, 0.25) is 0 Å². The van der Waals surface area contributed by atoms with Crippen molar-refractivity contribution in [2.75, 3.05) is 12.4 Å². The normalized spacial score (nSPS) is 15.0. The highest BCUT2D eigenvalue weighted by molar-refractivity contribution is 9.10. The number of carbonyl (C=O) groups is 1. The zero-order valence-electron chi connectivity index (χ0n) is 11.2. The predicted octanol–water partition coefficient (Wildman–Crippen LogP) is 3.66. The first kappa shape index (κ1) is 13.7. The SMILES string of the molecule is COc1ccc(/C=C2\C(=O)Nc3ccc(Br)cc32)cc1O. The Labute approximate surface area is 130 Å². The summed E-state index contributed by atoms with van der Waals surface area (Å²) in [5.74, 6) is 0.286. The summed E-state index contributed by atoms with van der Waals surface area (Å²) in [4.78, 5) is 12.1. The van der Waals surface area contributed by atoms with Gasteiger partial charge >= 0.3 is 0 Å². The van der Waals surface area contributed by atoms with Gasteiger partial charge in [-0.1, -0.05) is 22.0 Å². The molecule has 1 aliphatic rings. The number of anilines is 1. The second-order valence-electron chi connectivity index (χ2n) is 4.63. The van der Waals surface area contributed by atoms with E-state index in [0.717, 1.165) is 21.3 Å². The molecule has 2 aromatic carbocycles. The molecule has 1 aliphatic heterocycles. The number of aromatic hydroxyl groups is 1. The molecule has 1 amide bonds. The monoisotopic (exact) mass is 345 g/mol. The first-order valence-corrected chi connectivity index (χ1v) is 7.08. The predicted molar refractivity (Wildman–Crippen MR) is 85.3 cm³/mol. The van der Waals surface area contributed by atoms with Crippen LogP contribution in [0.3, 0.4) is 0 Å². The largest absolute Gasteiger partial charge is 0.504 e. The lowest BCUT2D eigenvalue weighted by Gasteiger charge is -2.04. The zero-order chi connectivity index (χ0) is 15.0. The Bertz CT molecular complexity index is 768. The van der Waals surface area contributed by atoms with E-state index in [2.05, 4.69) is 21.2 Å². The van der Waals surface area contributed by atoms with E-state index in [9.17, 15) is 9.90 Å². The average Bonchev–Trinajstić information content (AvgIpc) is 2.75. The minimum atomic E-state index is -0.154. The van der Waals surface area contributed by atoms with E-state index in [1.165, 1.54) is 7.11 Å². The lowest BCUT2D eigenvalue weighted by atomic mass is 10.0. The van der Waals surface area contributed by atoms with Gasteiger partial charge in [-0.25, -0.2) is 0 Å². The summed E-state index contributed by atoms with van der Waals surface area (Å²) in [7, 11) is 1.49. The van der Waals surface area contributed by atoms with Crippen molar-refractivity contribution in [3.63, 3.8) is 0 Å². The average molecular weight is 346 g/mol. The van der Waals surface area contributed by atoms with Gasteiger partial charge < -0.3 is 15.2 Å². The van der Waals surface area contributed by atoms with Crippen molar-refractivity contribution in [2.45, 2.75) is 0 Å². The molecule has 1 heterocycles. The van der Waals surface area contributed by atoms with Gasteiger partial charge in [-0.15, -0.1) is 0 Å². The van der Waals surface area contributed by atoms with E-state index in [4.69, 9.17) is 4.74 Å². The highest BCUT2D eigenvalue weighted by Crippen LogP contribution is 2.36. The summed E-state index contributed by atoms with van der Waals surface area (Å²) < 4.78 is 5.91. The summed E-state index contributed by atoms with van der Waals surface area (Å²) in [6.07, 6.45) is 1.74. The molecule has 4 nitrogen and oxygen atoms in total. The number of halogens is 1. The molecular formula is C16H12BrNO3. The first-order chi connectivity index (χ1) is 10.1. The van der Waals surface area contributed by atoms with Crippen molar-refractivity contribution < 1.29 is 14.6 Å². The standard InChI is InChI=1S/C16H12BrNO3/c1-21-15-5-2-9(7-14(15)19)6-12-11-8-10(17)3-4-13(11)18-16(12)20/h2-8,19H,1H3,(H,18,20)/b12-6-. The molecule has 0 aromatic heterocycles. The molecule has 106 valence electrons. The smallest absolute Gasteiger partial charge is 0.256 e. The maximum Gasteiger partial charge on any atom is 0.256 e. The molecule has 0 aliphatic carbocycles. The summed E-state index contributed by atoms with van der Waals surface area (Å²) in [6.45, 7) is 0. The van der Waals surface area contributed by atoms with Crippen LogP contribution in [-0.4, -0.2) is 18.1 Å². The zero-order valence-corrected chi connectivity index (χ0v) is 12.8. The Balaban J connectivity index is 2.06. The molecule has 0 unspecified atom stereocenters. The molecule has 2 aromatic rings. The van der Waals surface area contributed by atoms with Crippen LogP contribution >= 0.6 is 15.9 Å². The van der Waals surface area contributed by atoms with Crippen molar-refractivity contribution in [3.05, 3.63) is 52.0 Å². The molecule has 0 saturated heterocycles. The number of fused-ring (bicyclic) bond motifs is 1. The van der Waals surface area contributed by atoms with E-state index >= 15 is 0 Å². The Morgan fingerprint density at radius 3 is 2.76 bits per heavy atom. The maximum atomic E-state index is 12.1. The fourth-order valence-electron chi connectivity index (χ4n) is 2.27. The fourth-order valence-corrected chi connectivity index (χ4v) is 2.63. The number of amides is 1. The summed E-state index contributed by atoms with van der Waals surface area (Å²) >= 11 is 3.41. The van der Waals surface area contributed by atoms with E-state index in [0.29, 0.717) is 11.3 Å². The van der Waals surface area contributed by atoms with Crippen LogP contribution in [0.1, 0.15) is 11.1 Å². The topological polar surface area (TPSA) is 58.6 Å². The van der Waals surface area contributed by atoms with Crippen LogP contribution in [0.15, 0.2) is 40.9 Å². The van der Waals surface area contributed by atoms with Crippen molar-refractivity contribution in [1.29, 1.82) is 0 Å². The first-order valence-electron chi connectivity index (χ1n) is 6.28. The van der Waals surface area contributed by atoms with Gasteiger partial charge in [0.15, 0.2) is 11.5 Å². The molecule has 0 fully saturated rings. The second kappa shape index (κ2) is 5.26. The molecule has 0 saturated carbocycles. The number of ether oxygens (including phenoxy) is 1. The lowest BCUT2D eigenvalue weighted by Crippen LogP contribution is -2.03. The number of hydrogen-bond acceptors (Lipinski definition) is 3. The highest BCUT2D eigenvalue weighted by Gasteiger charge is 2.24. The van der Waals surface area contributed by atoms with E-state index in [1.807, 2.05) is 18.2 Å². The number of rotatable bonds is 2. The van der Waals surface area contributed by atoms with Crippen molar-refractivity contribution in [1.82, 2.24) is 0 Å². The maximum absolute atomic E-state index is 12.1. The third-order valence-electron chi connectivity index (χ3n) is 3.28. The Hall–Kier alpha value is -2.27. The van der Waals surface area contributed by atoms with Gasteiger partial charge in [-0.05, 0) is 42.0 Å². The molecule has 0 atom stereocenters. The quantitative estimate of drug-likeness (QED) is 0.816.